The Morgan fingerprint density at radius 1 is 0.565 bits per heavy atom. The number of cyclic esters (lactones) is 1. The summed E-state index contributed by atoms with van der Waals surface area (Å²) >= 11 is 0. The summed E-state index contributed by atoms with van der Waals surface area (Å²) in [6.07, 6.45) is -20.2. The highest BCUT2D eigenvalue weighted by Gasteiger charge is 2.40. The van der Waals surface area contributed by atoms with Gasteiger partial charge in [0.25, 0.3) is 0 Å². The van der Waals surface area contributed by atoms with Gasteiger partial charge in [-0.05, 0) is 90.1 Å². The van der Waals surface area contributed by atoms with E-state index in [-0.39, 0.29) is 66.4 Å². The number of carbonyl (C=O) groups is 1. The van der Waals surface area contributed by atoms with E-state index in [2.05, 4.69) is 30.0 Å². The van der Waals surface area contributed by atoms with Crippen molar-refractivity contribution in [2.75, 3.05) is 28.6 Å². The summed E-state index contributed by atoms with van der Waals surface area (Å²) in [6, 6.07) is 11.1. The average Bonchev–Trinajstić information content (AvgIpc) is 3.67. The van der Waals surface area contributed by atoms with Crippen molar-refractivity contribution in [3.63, 3.8) is 0 Å². The maximum atomic E-state index is 12.9. The van der Waals surface area contributed by atoms with Crippen molar-refractivity contribution in [1.82, 2.24) is 0 Å². The van der Waals surface area contributed by atoms with Gasteiger partial charge in [0.05, 0.1) is 72.9 Å². The maximum Gasteiger partial charge on any atom is 0.415 e. The molecule has 21 nitrogen and oxygen atoms in total. The number of aliphatic hydroxyl groups excluding tert-OH is 3. The summed E-state index contributed by atoms with van der Waals surface area (Å²) in [6.45, 7) is 36.8. The van der Waals surface area contributed by atoms with Crippen molar-refractivity contribution < 1.29 is 120 Å². The zero-order valence-electron chi connectivity index (χ0n) is 44.5. The summed E-state index contributed by atoms with van der Waals surface area (Å²) in [7, 11) is 0. The minimum Gasteiger partial charge on any atom is -0.444 e. The molecule has 0 unspecified atom stereocenters. The third kappa shape index (κ3) is 32.4. The largest absolute Gasteiger partial charge is 0.444 e. The molecule has 1 aliphatic heterocycles. The number of amides is 1. The van der Waals surface area contributed by atoms with Crippen molar-refractivity contribution in [1.29, 1.82) is 0 Å². The van der Waals surface area contributed by atoms with Gasteiger partial charge in [0, 0.05) is 36.2 Å². The van der Waals surface area contributed by atoms with Crippen LogP contribution < -0.4 is 21.3 Å². The van der Waals surface area contributed by atoms with Crippen LogP contribution in [0.4, 0.5) is 102 Å². The third-order valence-electron chi connectivity index (χ3n) is 9.54. The zero-order valence-corrected chi connectivity index (χ0v) is 44.5. The molecule has 7 N–H and O–H groups in total. The molecule has 85 heavy (non-hydrogen) atoms. The lowest BCUT2D eigenvalue weighted by molar-refractivity contribution is -0.193. The normalized spacial score (nSPS) is 14.0. The molecule has 0 aliphatic carbocycles. The molecule has 34 heteroatoms. The van der Waals surface area contributed by atoms with Gasteiger partial charge in [0.2, 0.25) is 0 Å². The average molecular weight is 1230 g/mol. The number of hydrogen-bond acceptors (Lipinski definition) is 16. The van der Waals surface area contributed by atoms with E-state index < -0.39 is 99.9 Å². The number of benzene rings is 4. The standard InChI is InChI=1S/C13H11F3N2O2.C12H13F3N2O.C11H11F3N2O.C8H3F4N.C3H9NO.4CO2/c1-7-8(2)20-12(19)18(7)9-4-5-11(17-3)10(6-9)13(14,15)16;1-7(8(2)18)17-9-4-5-11(16-3)10(6-9)12(13,14)15;1-7(17)6-16-8-3-4-10(15-2)9(5-8)11(12,13)14;1-13-7-3-2-5(9)4-6(7)8(10,11)12;1-3(5)2-4;4*2-1-3/h4-8H,1-2H3;4-8,17-18H,1-2H3;3-5,7,16-17H,6H2,1H3;2-4H;3,5H,2,4H2,1H3;;;;/t2*7-,8-;7-;;3-;;;;/m000.0..../s1. The predicted octanol–water partition coefficient (Wildman–Crippen LogP) is 10.9. The Kier molecular flexibility index (Phi) is 38.8. The van der Waals surface area contributed by atoms with Crippen LogP contribution in [0.3, 0.4) is 0 Å². The van der Waals surface area contributed by atoms with Crippen LogP contribution in [-0.2, 0) is 67.8 Å². The monoisotopic (exact) mass is 1230 g/mol. The molecule has 0 aromatic heterocycles. The lowest BCUT2D eigenvalue weighted by atomic mass is 10.1. The molecule has 1 saturated heterocycles. The molecule has 1 amide bonds. The molecule has 6 atom stereocenters. The molecule has 4 aromatic carbocycles. The molecule has 1 heterocycles. The molecule has 0 radical (unpaired) electrons. The first kappa shape index (κ1) is 81.6. The smallest absolute Gasteiger partial charge is 0.415 e. The van der Waals surface area contributed by atoms with Crippen LogP contribution in [0.25, 0.3) is 19.4 Å². The SMILES string of the molecule is C[C@H](O)CN.O=C=O.O=C=O.O=C=O.O=C=O.[C-]#[N+]c1ccc(F)cc1C(F)(F)F.[C-]#[N+]c1ccc(N2C(=O)O[C@@H](C)[C@@H]2C)cc1C(F)(F)F.[C-]#[N+]c1ccc(NC[C@H](C)O)cc1C(F)(F)F.[C-]#[N+]c1ccc(N[C@@H](C)[C@H](C)O)cc1C(F)(F)F. The van der Waals surface area contributed by atoms with Crippen LogP contribution in [0.15, 0.2) is 72.8 Å². The Labute approximate surface area is 473 Å². The van der Waals surface area contributed by atoms with Crippen molar-refractivity contribution in [2.45, 2.75) is 103 Å². The molecule has 4 aromatic rings. The summed E-state index contributed by atoms with van der Waals surface area (Å²) < 4.78 is 168. The number of nitrogens with zero attached hydrogens (tertiary/aromatic N) is 5. The number of anilines is 3. The fourth-order valence-electron chi connectivity index (χ4n) is 5.43. The number of nitrogens with two attached hydrogens (primary N) is 1. The third-order valence-corrected chi connectivity index (χ3v) is 9.54. The molecule has 0 spiro atoms. The van der Waals surface area contributed by atoms with E-state index in [1.807, 2.05) is 0 Å². The van der Waals surface area contributed by atoms with Gasteiger partial charge in [0.1, 0.15) is 11.9 Å². The first-order valence-corrected chi connectivity index (χ1v) is 22.5. The van der Waals surface area contributed by atoms with E-state index in [4.69, 9.17) is 85.3 Å². The summed E-state index contributed by atoms with van der Waals surface area (Å²) in [5, 5.41) is 31.9. The fourth-order valence-corrected chi connectivity index (χ4v) is 5.43. The van der Waals surface area contributed by atoms with E-state index in [0.29, 0.717) is 12.6 Å². The number of alkyl halides is 12. The van der Waals surface area contributed by atoms with Crippen LogP contribution in [0.2, 0.25) is 0 Å². The van der Waals surface area contributed by atoms with E-state index in [1.54, 1.807) is 27.7 Å². The highest BCUT2D eigenvalue weighted by atomic mass is 19.4. The summed E-state index contributed by atoms with van der Waals surface area (Å²) in [5.74, 6) is -1.00. The van der Waals surface area contributed by atoms with E-state index in [1.165, 1.54) is 32.0 Å². The van der Waals surface area contributed by atoms with E-state index in [9.17, 15) is 67.0 Å². The lowest BCUT2D eigenvalue weighted by Gasteiger charge is -2.21. The Morgan fingerprint density at radius 2 is 0.882 bits per heavy atom. The molecule has 5 rings (SSSR count). The van der Waals surface area contributed by atoms with Crippen LogP contribution in [0, 0.1) is 32.1 Å². The van der Waals surface area contributed by atoms with E-state index in [0.717, 1.165) is 53.4 Å². The van der Waals surface area contributed by atoms with Crippen molar-refractivity contribution >= 4 is 70.5 Å². The molecule has 1 fully saturated rings. The second-order valence-electron chi connectivity index (χ2n) is 15.8. The Balaban J connectivity index is -0.000000474. The maximum absolute atomic E-state index is 12.9. The Hall–Kier alpha value is -9.84. The number of carbonyl (C=O) groups excluding carboxylic acids is 9. The van der Waals surface area contributed by atoms with E-state index >= 15 is 0 Å². The minimum atomic E-state index is -4.68. The quantitative estimate of drug-likeness (QED) is 0.0706. The fraction of sp³-hybridized carbons (Fsp3) is 0.353. The molecule has 1 aliphatic rings. The molecule has 0 bridgehead atoms. The van der Waals surface area contributed by atoms with Crippen molar-refractivity contribution in [3.05, 3.63) is 147 Å². The van der Waals surface area contributed by atoms with Crippen LogP contribution >= 0.6 is 0 Å². The Morgan fingerprint density at radius 3 is 1.19 bits per heavy atom. The van der Waals surface area contributed by atoms with Gasteiger partial charge < -0.3 is 36.4 Å². The molecule has 460 valence electrons. The topological polar surface area (TPSA) is 294 Å². The van der Waals surface area contributed by atoms with Crippen LogP contribution in [0.5, 0.6) is 0 Å². The van der Waals surface area contributed by atoms with Gasteiger partial charge in [-0.2, -0.15) is 91.0 Å². The van der Waals surface area contributed by atoms with Gasteiger partial charge in [-0.15, -0.1) is 0 Å². The highest BCUT2D eigenvalue weighted by molar-refractivity contribution is 5.91. The van der Waals surface area contributed by atoms with Crippen molar-refractivity contribution in [3.8, 4) is 0 Å². The van der Waals surface area contributed by atoms with Gasteiger partial charge >= 0.3 is 55.4 Å². The minimum absolute atomic E-state index is 0.0755. The first-order valence-electron chi connectivity index (χ1n) is 22.5. The zero-order chi connectivity index (χ0) is 67.2. The number of aliphatic hydroxyl groups is 3. The number of hydrogen-bond donors (Lipinski definition) is 6. The second-order valence-corrected chi connectivity index (χ2v) is 15.8. The second kappa shape index (κ2) is 40.4. The number of ether oxygens (including phenoxy) is 1. The van der Waals surface area contributed by atoms with Crippen molar-refractivity contribution in [2.24, 2.45) is 5.73 Å². The van der Waals surface area contributed by atoms with Crippen LogP contribution in [-0.4, -0.2) is 95.6 Å². The summed E-state index contributed by atoms with van der Waals surface area (Å²) in [4.78, 5) is 89.0. The van der Waals surface area contributed by atoms with Gasteiger partial charge in [-0.3, -0.25) is 4.90 Å². The molecular formula is C51H47F13N8O13. The molecular weight excluding hydrogens is 1180 g/mol. The first-order chi connectivity index (χ1) is 39.2. The lowest BCUT2D eigenvalue weighted by Crippen LogP contribution is -2.33. The van der Waals surface area contributed by atoms with Gasteiger partial charge in [-0.25, -0.2) is 28.6 Å². The van der Waals surface area contributed by atoms with Crippen LogP contribution in [0.1, 0.15) is 63.8 Å². The number of halogens is 13. The highest BCUT2D eigenvalue weighted by Crippen LogP contribution is 2.42. The number of nitrogens with one attached hydrogen (secondary N) is 2. The van der Waals surface area contributed by atoms with Gasteiger partial charge in [0.15, 0.2) is 22.7 Å². The Bertz CT molecular complexity index is 3000. The molecule has 0 saturated carbocycles. The number of rotatable bonds is 8. The summed E-state index contributed by atoms with van der Waals surface area (Å²) in [5.41, 5.74) is -0.720. The predicted molar refractivity (Wildman–Crippen MR) is 264 cm³/mol. The van der Waals surface area contributed by atoms with Gasteiger partial charge in [-0.1, -0.05) is 24.3 Å².